The molecule has 0 saturated carbocycles. The maximum atomic E-state index is 11.1. The van der Waals surface area contributed by atoms with Crippen LogP contribution in [0.3, 0.4) is 0 Å². The average molecular weight is 228 g/mol. The third-order valence-electron chi connectivity index (χ3n) is 1.80. The number of nitrogens with zero attached hydrogens (tertiary/aromatic N) is 3. The molecule has 1 saturated heterocycles. The number of carbonyl (C=O) groups excluding carboxylic acids is 3. The number of rotatable bonds is 3. The standard InChI is InChI=1S/C8H12N4O4/c1-6(13)10-11-8(15)16-5-4-12-3-2-9-7(12)14/h2-5H2,1H3,(H,9,14). The molecule has 16 heavy (non-hydrogen) atoms. The van der Waals surface area contributed by atoms with E-state index in [4.69, 9.17) is 0 Å². The quantitative estimate of drug-likeness (QED) is 0.694. The Bertz CT molecular complexity index is 328. The van der Waals surface area contributed by atoms with Crippen molar-refractivity contribution >= 4 is 18.0 Å². The van der Waals surface area contributed by atoms with Gasteiger partial charge in [-0.05, 0) is 0 Å². The van der Waals surface area contributed by atoms with E-state index in [0.717, 1.165) is 0 Å². The zero-order chi connectivity index (χ0) is 12.0. The van der Waals surface area contributed by atoms with E-state index in [1.54, 1.807) is 0 Å². The summed E-state index contributed by atoms with van der Waals surface area (Å²) in [5.74, 6) is -0.573. The average Bonchev–Trinajstić information content (AvgIpc) is 2.61. The molecule has 1 rings (SSSR count). The number of carbonyl (C=O) groups is 3. The Hall–Kier alpha value is -1.99. The molecule has 8 nitrogen and oxygen atoms in total. The molecule has 1 aliphatic heterocycles. The highest BCUT2D eigenvalue weighted by molar-refractivity contribution is 5.77. The molecule has 1 aliphatic rings. The Morgan fingerprint density at radius 2 is 2.25 bits per heavy atom. The lowest BCUT2D eigenvalue weighted by molar-refractivity contribution is -0.116. The van der Waals surface area contributed by atoms with Crippen LogP contribution in [0.1, 0.15) is 6.92 Å². The monoisotopic (exact) mass is 228 g/mol. The summed E-state index contributed by atoms with van der Waals surface area (Å²) in [6.45, 7) is 2.68. The van der Waals surface area contributed by atoms with Crippen LogP contribution >= 0.6 is 0 Å². The summed E-state index contributed by atoms with van der Waals surface area (Å²) < 4.78 is 4.63. The number of hydrogen-bond donors (Lipinski definition) is 1. The van der Waals surface area contributed by atoms with E-state index >= 15 is 0 Å². The second-order valence-electron chi connectivity index (χ2n) is 3.05. The lowest BCUT2D eigenvalue weighted by atomic mass is 10.5. The Labute approximate surface area is 91.6 Å². The van der Waals surface area contributed by atoms with E-state index in [-0.39, 0.29) is 12.6 Å². The highest BCUT2D eigenvalue weighted by atomic mass is 16.5. The number of ether oxygens (including phenoxy) is 1. The van der Waals surface area contributed by atoms with E-state index in [0.29, 0.717) is 19.6 Å². The SMILES string of the molecule is CC(=O)N=NC(=O)OCCN1CCNC1=O. The Kier molecular flexibility index (Phi) is 4.37. The molecule has 8 heteroatoms. The van der Waals surface area contributed by atoms with Gasteiger partial charge in [-0.3, -0.25) is 4.79 Å². The molecule has 0 aromatic heterocycles. The van der Waals surface area contributed by atoms with Crippen LogP contribution in [0.4, 0.5) is 9.59 Å². The predicted octanol–water partition coefficient (Wildman–Crippen LogP) is 0.147. The molecule has 0 aliphatic carbocycles. The van der Waals surface area contributed by atoms with Crippen molar-refractivity contribution < 1.29 is 19.1 Å². The van der Waals surface area contributed by atoms with Crippen LogP contribution in [0.25, 0.3) is 0 Å². The van der Waals surface area contributed by atoms with Crippen LogP contribution < -0.4 is 5.32 Å². The summed E-state index contributed by atoms with van der Waals surface area (Å²) >= 11 is 0. The molecule has 1 heterocycles. The van der Waals surface area contributed by atoms with E-state index in [9.17, 15) is 14.4 Å². The van der Waals surface area contributed by atoms with Crippen molar-refractivity contribution in [1.29, 1.82) is 0 Å². The normalized spacial score (nSPS) is 15.3. The number of hydrogen-bond acceptors (Lipinski definition) is 4. The first-order chi connectivity index (χ1) is 7.59. The molecule has 0 unspecified atom stereocenters. The fraction of sp³-hybridized carbons (Fsp3) is 0.625. The summed E-state index contributed by atoms with van der Waals surface area (Å²) in [7, 11) is 0. The Morgan fingerprint density at radius 1 is 1.50 bits per heavy atom. The minimum Gasteiger partial charge on any atom is -0.445 e. The minimum atomic E-state index is -0.935. The summed E-state index contributed by atoms with van der Waals surface area (Å²) in [6.07, 6.45) is -0.935. The van der Waals surface area contributed by atoms with Crippen LogP contribution in [0.5, 0.6) is 0 Å². The van der Waals surface area contributed by atoms with Crippen LogP contribution in [0, 0.1) is 0 Å². The van der Waals surface area contributed by atoms with Crippen molar-refractivity contribution in [1.82, 2.24) is 10.2 Å². The van der Waals surface area contributed by atoms with Crippen molar-refractivity contribution in [2.45, 2.75) is 6.92 Å². The summed E-state index contributed by atoms with van der Waals surface area (Å²) in [5, 5.41) is 8.62. The van der Waals surface area contributed by atoms with Crippen LogP contribution in [0.2, 0.25) is 0 Å². The number of azo groups is 1. The van der Waals surface area contributed by atoms with Crippen LogP contribution in [0.15, 0.2) is 10.2 Å². The lowest BCUT2D eigenvalue weighted by Crippen LogP contribution is -2.31. The van der Waals surface area contributed by atoms with E-state index < -0.39 is 12.0 Å². The topological polar surface area (TPSA) is 100 Å². The van der Waals surface area contributed by atoms with Gasteiger partial charge in [0.15, 0.2) is 0 Å². The third kappa shape index (κ3) is 4.03. The van der Waals surface area contributed by atoms with E-state index in [2.05, 4.69) is 20.3 Å². The van der Waals surface area contributed by atoms with Crippen LogP contribution in [-0.4, -0.2) is 49.2 Å². The first-order valence-electron chi connectivity index (χ1n) is 4.71. The first-order valence-corrected chi connectivity index (χ1v) is 4.71. The fourth-order valence-electron chi connectivity index (χ4n) is 1.11. The van der Waals surface area contributed by atoms with Crippen molar-refractivity contribution in [3.05, 3.63) is 0 Å². The van der Waals surface area contributed by atoms with E-state index in [1.807, 2.05) is 0 Å². The van der Waals surface area contributed by atoms with Crippen molar-refractivity contribution in [2.75, 3.05) is 26.2 Å². The van der Waals surface area contributed by atoms with E-state index in [1.165, 1.54) is 11.8 Å². The second kappa shape index (κ2) is 5.79. The Morgan fingerprint density at radius 3 is 2.81 bits per heavy atom. The molecule has 1 fully saturated rings. The fourth-order valence-corrected chi connectivity index (χ4v) is 1.11. The van der Waals surface area contributed by atoms with Gasteiger partial charge in [-0.25, -0.2) is 9.59 Å². The minimum absolute atomic E-state index is 0.0309. The van der Waals surface area contributed by atoms with Gasteiger partial charge in [0.1, 0.15) is 6.61 Å². The lowest BCUT2D eigenvalue weighted by Gasteiger charge is -2.12. The molecular formula is C8H12N4O4. The van der Waals surface area contributed by atoms with Crippen LogP contribution in [-0.2, 0) is 9.53 Å². The summed E-state index contributed by atoms with van der Waals surface area (Å²) in [5.41, 5.74) is 0. The summed E-state index contributed by atoms with van der Waals surface area (Å²) in [6, 6.07) is -0.179. The molecule has 4 amide bonds. The van der Waals surface area contributed by atoms with Gasteiger partial charge in [-0.1, -0.05) is 5.11 Å². The molecule has 88 valence electrons. The molecule has 0 radical (unpaired) electrons. The zero-order valence-corrected chi connectivity index (χ0v) is 8.80. The Balaban J connectivity index is 2.17. The maximum absolute atomic E-state index is 11.1. The van der Waals surface area contributed by atoms with Crippen molar-refractivity contribution in [2.24, 2.45) is 10.2 Å². The highest BCUT2D eigenvalue weighted by Crippen LogP contribution is 1.96. The molecule has 0 aromatic rings. The smallest absolute Gasteiger partial charge is 0.445 e. The maximum Gasteiger partial charge on any atom is 0.452 e. The van der Waals surface area contributed by atoms with Gasteiger partial charge in [0.05, 0.1) is 6.54 Å². The number of nitrogens with one attached hydrogen (secondary N) is 1. The molecule has 0 aromatic carbocycles. The summed E-state index contributed by atoms with van der Waals surface area (Å²) in [4.78, 5) is 33.8. The van der Waals surface area contributed by atoms with Gasteiger partial charge >= 0.3 is 12.1 Å². The van der Waals surface area contributed by atoms with Gasteiger partial charge in [0.25, 0.3) is 5.91 Å². The van der Waals surface area contributed by atoms with Crippen molar-refractivity contribution in [3.8, 4) is 0 Å². The largest absolute Gasteiger partial charge is 0.452 e. The van der Waals surface area contributed by atoms with Gasteiger partial charge in [-0.2, -0.15) is 0 Å². The van der Waals surface area contributed by atoms with Crippen molar-refractivity contribution in [3.63, 3.8) is 0 Å². The molecule has 1 N–H and O–H groups in total. The predicted molar refractivity (Wildman–Crippen MR) is 51.9 cm³/mol. The molecule has 0 spiro atoms. The van der Waals surface area contributed by atoms with Gasteiger partial charge < -0.3 is 15.0 Å². The molecular weight excluding hydrogens is 216 g/mol. The van der Waals surface area contributed by atoms with Gasteiger partial charge in [0, 0.05) is 20.0 Å². The second-order valence-corrected chi connectivity index (χ2v) is 3.05. The highest BCUT2D eigenvalue weighted by Gasteiger charge is 2.18. The first kappa shape index (κ1) is 12.1. The molecule has 0 atom stereocenters. The van der Waals surface area contributed by atoms with Gasteiger partial charge in [-0.15, -0.1) is 5.11 Å². The van der Waals surface area contributed by atoms with Gasteiger partial charge in [0.2, 0.25) is 0 Å². The number of amides is 4. The number of urea groups is 1. The molecule has 0 bridgehead atoms. The zero-order valence-electron chi connectivity index (χ0n) is 8.80. The third-order valence-corrected chi connectivity index (χ3v) is 1.80.